The third kappa shape index (κ3) is 2.59. The summed E-state index contributed by atoms with van der Waals surface area (Å²) in [7, 11) is 0. The predicted octanol–water partition coefficient (Wildman–Crippen LogP) is 2.01. The van der Waals surface area contributed by atoms with Crippen molar-refractivity contribution in [2.45, 2.75) is 39.2 Å². The fourth-order valence-corrected chi connectivity index (χ4v) is 2.32. The Labute approximate surface area is 91.9 Å². The SMILES string of the molecule is CC(C)c1cncn1CC1CCCNC1. The van der Waals surface area contributed by atoms with Crippen LogP contribution in [0.2, 0.25) is 0 Å². The molecule has 0 amide bonds. The molecule has 1 aromatic heterocycles. The molecule has 1 aromatic rings. The van der Waals surface area contributed by atoms with Crippen molar-refractivity contribution in [1.29, 1.82) is 0 Å². The monoisotopic (exact) mass is 207 g/mol. The number of piperidine rings is 1. The summed E-state index contributed by atoms with van der Waals surface area (Å²) in [5, 5.41) is 3.46. The van der Waals surface area contributed by atoms with Crippen LogP contribution in [0.15, 0.2) is 12.5 Å². The number of nitrogens with one attached hydrogen (secondary N) is 1. The van der Waals surface area contributed by atoms with E-state index in [0.29, 0.717) is 5.92 Å². The maximum Gasteiger partial charge on any atom is 0.0948 e. The van der Waals surface area contributed by atoms with Gasteiger partial charge in [-0.3, -0.25) is 0 Å². The van der Waals surface area contributed by atoms with Gasteiger partial charge in [-0.2, -0.15) is 0 Å². The normalized spacial score (nSPS) is 22.2. The highest BCUT2D eigenvalue weighted by molar-refractivity contribution is 5.03. The summed E-state index contributed by atoms with van der Waals surface area (Å²) >= 11 is 0. The molecule has 3 heteroatoms. The Hall–Kier alpha value is -0.830. The molecule has 0 spiro atoms. The smallest absolute Gasteiger partial charge is 0.0948 e. The average Bonchev–Trinajstić information content (AvgIpc) is 2.67. The van der Waals surface area contributed by atoms with E-state index in [0.717, 1.165) is 19.0 Å². The molecule has 0 aliphatic carbocycles. The molecule has 1 N–H and O–H groups in total. The van der Waals surface area contributed by atoms with Gasteiger partial charge in [-0.05, 0) is 37.8 Å². The molecule has 3 nitrogen and oxygen atoms in total. The first-order chi connectivity index (χ1) is 7.27. The first-order valence-corrected chi connectivity index (χ1v) is 5.98. The summed E-state index contributed by atoms with van der Waals surface area (Å²) in [5.41, 5.74) is 1.36. The van der Waals surface area contributed by atoms with Crippen LogP contribution in [0.1, 0.15) is 38.3 Å². The van der Waals surface area contributed by atoms with Crippen LogP contribution in [0.4, 0.5) is 0 Å². The largest absolute Gasteiger partial charge is 0.334 e. The molecule has 2 rings (SSSR count). The molecule has 0 bridgehead atoms. The highest BCUT2D eigenvalue weighted by atomic mass is 15.1. The molecular formula is C12H21N3. The van der Waals surface area contributed by atoms with Crippen molar-refractivity contribution in [1.82, 2.24) is 14.9 Å². The van der Waals surface area contributed by atoms with Gasteiger partial charge < -0.3 is 9.88 Å². The number of rotatable bonds is 3. The van der Waals surface area contributed by atoms with Crippen molar-refractivity contribution in [3.05, 3.63) is 18.2 Å². The molecule has 15 heavy (non-hydrogen) atoms. The Kier molecular flexibility index (Phi) is 3.41. The van der Waals surface area contributed by atoms with Crippen molar-refractivity contribution in [3.63, 3.8) is 0 Å². The van der Waals surface area contributed by atoms with Crippen molar-refractivity contribution in [2.24, 2.45) is 5.92 Å². The quantitative estimate of drug-likeness (QED) is 0.821. The molecule has 1 atom stereocenters. The standard InChI is InChI=1S/C12H21N3/c1-10(2)12-7-14-9-15(12)8-11-4-3-5-13-6-11/h7,9-11,13H,3-6,8H2,1-2H3. The van der Waals surface area contributed by atoms with Crippen LogP contribution in [-0.4, -0.2) is 22.6 Å². The zero-order valence-corrected chi connectivity index (χ0v) is 9.74. The summed E-state index contributed by atoms with van der Waals surface area (Å²) in [5.74, 6) is 1.36. The van der Waals surface area contributed by atoms with E-state index in [1.165, 1.54) is 25.1 Å². The van der Waals surface area contributed by atoms with Crippen LogP contribution < -0.4 is 5.32 Å². The minimum absolute atomic E-state index is 0.573. The predicted molar refractivity (Wildman–Crippen MR) is 61.9 cm³/mol. The lowest BCUT2D eigenvalue weighted by atomic mass is 9.99. The number of hydrogen-bond donors (Lipinski definition) is 1. The molecule has 2 heterocycles. The summed E-state index contributed by atoms with van der Waals surface area (Å²) < 4.78 is 2.32. The summed E-state index contributed by atoms with van der Waals surface area (Å²) in [6.07, 6.45) is 6.64. The maximum atomic E-state index is 4.25. The lowest BCUT2D eigenvalue weighted by molar-refractivity contribution is 0.333. The number of imidazole rings is 1. The van der Waals surface area contributed by atoms with Gasteiger partial charge in [0.1, 0.15) is 0 Å². The van der Waals surface area contributed by atoms with Crippen molar-refractivity contribution in [3.8, 4) is 0 Å². The molecule has 1 saturated heterocycles. The van der Waals surface area contributed by atoms with Gasteiger partial charge in [0.2, 0.25) is 0 Å². The van der Waals surface area contributed by atoms with Gasteiger partial charge in [-0.1, -0.05) is 13.8 Å². The minimum Gasteiger partial charge on any atom is -0.334 e. The van der Waals surface area contributed by atoms with Crippen molar-refractivity contribution in [2.75, 3.05) is 13.1 Å². The first kappa shape index (κ1) is 10.7. The van der Waals surface area contributed by atoms with Crippen LogP contribution in [0.25, 0.3) is 0 Å². The number of nitrogens with zero attached hydrogens (tertiary/aromatic N) is 2. The van der Waals surface area contributed by atoms with E-state index in [-0.39, 0.29) is 0 Å². The second kappa shape index (κ2) is 4.79. The van der Waals surface area contributed by atoms with E-state index in [4.69, 9.17) is 0 Å². The van der Waals surface area contributed by atoms with Crippen molar-refractivity contribution >= 4 is 0 Å². The molecule has 0 radical (unpaired) electrons. The van der Waals surface area contributed by atoms with Gasteiger partial charge >= 0.3 is 0 Å². The van der Waals surface area contributed by atoms with E-state index in [2.05, 4.69) is 28.7 Å². The third-order valence-electron chi connectivity index (χ3n) is 3.19. The Morgan fingerprint density at radius 3 is 3.13 bits per heavy atom. The molecule has 0 saturated carbocycles. The topological polar surface area (TPSA) is 29.9 Å². The third-order valence-corrected chi connectivity index (χ3v) is 3.19. The lowest BCUT2D eigenvalue weighted by Gasteiger charge is -2.24. The lowest BCUT2D eigenvalue weighted by Crippen LogP contribution is -2.32. The van der Waals surface area contributed by atoms with E-state index in [9.17, 15) is 0 Å². The van der Waals surface area contributed by atoms with Gasteiger partial charge in [0.15, 0.2) is 0 Å². The van der Waals surface area contributed by atoms with Gasteiger partial charge in [0.05, 0.1) is 6.33 Å². The molecule has 1 aliphatic heterocycles. The minimum atomic E-state index is 0.573. The van der Waals surface area contributed by atoms with Crippen LogP contribution in [-0.2, 0) is 6.54 Å². The van der Waals surface area contributed by atoms with E-state index >= 15 is 0 Å². The molecular weight excluding hydrogens is 186 g/mol. The Morgan fingerprint density at radius 1 is 1.60 bits per heavy atom. The Morgan fingerprint density at radius 2 is 2.47 bits per heavy atom. The van der Waals surface area contributed by atoms with Gasteiger partial charge in [-0.15, -0.1) is 0 Å². The maximum absolute atomic E-state index is 4.25. The van der Waals surface area contributed by atoms with Gasteiger partial charge in [0.25, 0.3) is 0 Å². The Bertz CT molecular complexity index is 298. The molecule has 1 unspecified atom stereocenters. The zero-order valence-electron chi connectivity index (χ0n) is 9.74. The van der Waals surface area contributed by atoms with Crippen LogP contribution in [0.3, 0.4) is 0 Å². The van der Waals surface area contributed by atoms with Crippen LogP contribution >= 0.6 is 0 Å². The molecule has 1 aliphatic rings. The molecule has 84 valence electrons. The number of hydrogen-bond acceptors (Lipinski definition) is 2. The molecule has 1 fully saturated rings. The van der Waals surface area contributed by atoms with Crippen molar-refractivity contribution < 1.29 is 0 Å². The van der Waals surface area contributed by atoms with Crippen LogP contribution in [0.5, 0.6) is 0 Å². The Balaban J connectivity index is 1.99. The fourth-order valence-electron chi connectivity index (χ4n) is 2.32. The van der Waals surface area contributed by atoms with E-state index in [1.807, 2.05) is 12.5 Å². The van der Waals surface area contributed by atoms with Gasteiger partial charge in [-0.25, -0.2) is 4.98 Å². The van der Waals surface area contributed by atoms with Gasteiger partial charge in [0, 0.05) is 18.4 Å². The van der Waals surface area contributed by atoms with Crippen LogP contribution in [0, 0.1) is 5.92 Å². The van der Waals surface area contributed by atoms with E-state index in [1.54, 1.807) is 0 Å². The highest BCUT2D eigenvalue weighted by Gasteiger charge is 2.15. The first-order valence-electron chi connectivity index (χ1n) is 5.98. The highest BCUT2D eigenvalue weighted by Crippen LogP contribution is 2.18. The zero-order chi connectivity index (χ0) is 10.7. The number of aromatic nitrogens is 2. The second-order valence-electron chi connectivity index (χ2n) is 4.84. The average molecular weight is 207 g/mol. The summed E-state index contributed by atoms with van der Waals surface area (Å²) in [6.45, 7) is 7.94. The summed E-state index contributed by atoms with van der Waals surface area (Å²) in [4.78, 5) is 4.25. The second-order valence-corrected chi connectivity index (χ2v) is 4.84. The fraction of sp³-hybridized carbons (Fsp3) is 0.750. The summed E-state index contributed by atoms with van der Waals surface area (Å²) in [6, 6.07) is 0. The molecule has 0 aromatic carbocycles. The van der Waals surface area contributed by atoms with E-state index < -0.39 is 0 Å².